The molecule has 2 aliphatic rings. The van der Waals surface area contributed by atoms with Gasteiger partial charge in [-0.25, -0.2) is 0 Å². The molecule has 2 rings (SSSR count). The summed E-state index contributed by atoms with van der Waals surface area (Å²) in [5.74, 6) is 0. The summed E-state index contributed by atoms with van der Waals surface area (Å²) in [6, 6.07) is 0. The van der Waals surface area contributed by atoms with Crippen molar-refractivity contribution >= 4 is 20.0 Å². The van der Waals surface area contributed by atoms with E-state index in [1.807, 2.05) is 0 Å². The third kappa shape index (κ3) is 5.30. The van der Waals surface area contributed by atoms with Gasteiger partial charge in [0.15, 0.2) is 0 Å². The maximum atomic E-state index is 6.26. The normalized spacial score (nSPS) is 44.9. The van der Waals surface area contributed by atoms with Crippen molar-refractivity contribution in [3.8, 4) is 0 Å². The predicted molar refractivity (Wildman–Crippen MR) is 82.9 cm³/mol. The number of hydrogen-bond acceptors (Lipinski definition) is 6. The first kappa shape index (κ1) is 17.9. The SMILES string of the molecule is CC1CN(C)CC(C)[O][Sn]2([O]1)[O]C(C)CN(C)CC(C)[O]2. The van der Waals surface area contributed by atoms with Crippen LogP contribution in [-0.4, -0.2) is 94.5 Å². The molecular formula is C14H30N2O4Sn. The summed E-state index contributed by atoms with van der Waals surface area (Å²) in [6.07, 6.45) is 0.259. The zero-order valence-electron chi connectivity index (χ0n) is 14.2. The molecule has 0 amide bonds. The average Bonchev–Trinajstić information content (AvgIpc) is 2.22. The molecule has 0 aromatic rings. The molecule has 2 heterocycles. The van der Waals surface area contributed by atoms with Crippen LogP contribution in [0.2, 0.25) is 0 Å². The van der Waals surface area contributed by atoms with E-state index in [4.69, 9.17) is 12.3 Å². The molecule has 0 radical (unpaired) electrons. The summed E-state index contributed by atoms with van der Waals surface area (Å²) >= 11 is -3.98. The van der Waals surface area contributed by atoms with Crippen LogP contribution in [0.3, 0.4) is 0 Å². The van der Waals surface area contributed by atoms with Crippen molar-refractivity contribution in [1.29, 1.82) is 0 Å². The summed E-state index contributed by atoms with van der Waals surface area (Å²) in [5, 5.41) is 0. The molecule has 2 aliphatic heterocycles. The van der Waals surface area contributed by atoms with Gasteiger partial charge in [-0.1, -0.05) is 0 Å². The predicted octanol–water partition coefficient (Wildman–Crippen LogP) is 0.933. The van der Waals surface area contributed by atoms with Crippen LogP contribution in [0, 0.1) is 0 Å². The first-order chi connectivity index (χ1) is 9.78. The van der Waals surface area contributed by atoms with E-state index in [0.717, 1.165) is 26.2 Å². The van der Waals surface area contributed by atoms with E-state index in [0.29, 0.717) is 0 Å². The standard InChI is InChI=1S/2C7H15NO2.Sn/c2*1-6(9)4-8(3)5-7(2)10;/h2*6-7H,4-5H2,1-3H3;/q2*-2;+4. The number of nitrogens with zero attached hydrogens (tertiary/aromatic N) is 2. The summed E-state index contributed by atoms with van der Waals surface area (Å²) in [4.78, 5) is 4.47. The van der Waals surface area contributed by atoms with E-state index < -0.39 is 20.0 Å². The second-order valence-corrected chi connectivity index (χ2v) is 12.2. The van der Waals surface area contributed by atoms with Gasteiger partial charge in [-0.2, -0.15) is 0 Å². The van der Waals surface area contributed by atoms with Gasteiger partial charge >= 0.3 is 135 Å². The third-order valence-corrected chi connectivity index (χ3v) is 11.5. The van der Waals surface area contributed by atoms with Crippen molar-refractivity contribution in [3.05, 3.63) is 0 Å². The van der Waals surface area contributed by atoms with Crippen LogP contribution in [0.5, 0.6) is 0 Å². The van der Waals surface area contributed by atoms with Gasteiger partial charge in [0.2, 0.25) is 0 Å². The zero-order chi connectivity index (χ0) is 15.6. The number of hydrogen-bond donors (Lipinski definition) is 0. The Labute approximate surface area is 134 Å². The van der Waals surface area contributed by atoms with Gasteiger partial charge in [-0.3, -0.25) is 0 Å². The number of rotatable bonds is 0. The van der Waals surface area contributed by atoms with Crippen LogP contribution in [0.25, 0.3) is 0 Å². The number of likely N-dealkylation sites (N-methyl/N-ethyl adjacent to an activating group) is 2. The molecular weight excluding hydrogens is 379 g/mol. The Bertz CT molecular complexity index is 283. The second kappa shape index (κ2) is 7.42. The Morgan fingerprint density at radius 3 is 1.10 bits per heavy atom. The Morgan fingerprint density at radius 1 is 0.619 bits per heavy atom. The Balaban J connectivity index is 2.18. The summed E-state index contributed by atoms with van der Waals surface area (Å²) in [7, 11) is 4.18. The molecule has 4 atom stereocenters. The van der Waals surface area contributed by atoms with E-state index in [1.54, 1.807) is 0 Å². The Hall–Kier alpha value is 0.559. The molecule has 0 saturated carbocycles. The van der Waals surface area contributed by atoms with Gasteiger partial charge in [0.05, 0.1) is 0 Å². The molecule has 21 heavy (non-hydrogen) atoms. The van der Waals surface area contributed by atoms with Crippen molar-refractivity contribution in [2.45, 2.75) is 52.1 Å². The van der Waals surface area contributed by atoms with E-state index >= 15 is 0 Å². The van der Waals surface area contributed by atoms with Gasteiger partial charge < -0.3 is 0 Å². The summed E-state index contributed by atoms with van der Waals surface area (Å²) < 4.78 is 25.0. The molecule has 0 N–H and O–H groups in total. The average molecular weight is 409 g/mol. The molecule has 2 fully saturated rings. The topological polar surface area (TPSA) is 43.4 Å². The molecule has 2 saturated heterocycles. The Kier molecular flexibility index (Phi) is 6.33. The second-order valence-electron chi connectivity index (χ2n) is 6.66. The molecule has 124 valence electrons. The van der Waals surface area contributed by atoms with Crippen LogP contribution in [0.1, 0.15) is 27.7 Å². The third-order valence-electron chi connectivity index (χ3n) is 3.66. The van der Waals surface area contributed by atoms with Gasteiger partial charge in [0, 0.05) is 0 Å². The van der Waals surface area contributed by atoms with E-state index in [1.165, 1.54) is 0 Å². The molecule has 0 aromatic carbocycles. The minimum atomic E-state index is -3.98. The quantitative estimate of drug-likeness (QED) is 0.555. The van der Waals surface area contributed by atoms with Crippen LogP contribution >= 0.6 is 0 Å². The van der Waals surface area contributed by atoms with E-state index in [2.05, 4.69) is 51.6 Å². The molecule has 1 spiro atoms. The molecule has 4 unspecified atom stereocenters. The molecule has 6 nitrogen and oxygen atoms in total. The monoisotopic (exact) mass is 410 g/mol. The van der Waals surface area contributed by atoms with Crippen molar-refractivity contribution in [3.63, 3.8) is 0 Å². The van der Waals surface area contributed by atoms with E-state index in [9.17, 15) is 0 Å². The fraction of sp³-hybridized carbons (Fsp3) is 1.00. The van der Waals surface area contributed by atoms with Crippen molar-refractivity contribution in [1.82, 2.24) is 9.80 Å². The fourth-order valence-corrected chi connectivity index (χ4v) is 10.6. The first-order valence-corrected chi connectivity index (χ1v) is 12.5. The first-order valence-electron chi connectivity index (χ1n) is 7.86. The minimum absolute atomic E-state index is 0.0647. The zero-order valence-corrected chi connectivity index (χ0v) is 17.0. The van der Waals surface area contributed by atoms with Gasteiger partial charge in [-0.05, 0) is 0 Å². The summed E-state index contributed by atoms with van der Waals surface area (Å²) in [6.45, 7) is 11.8. The summed E-state index contributed by atoms with van der Waals surface area (Å²) in [5.41, 5.74) is 0. The van der Waals surface area contributed by atoms with E-state index in [-0.39, 0.29) is 24.4 Å². The molecule has 0 aliphatic carbocycles. The Morgan fingerprint density at radius 2 is 0.857 bits per heavy atom. The van der Waals surface area contributed by atoms with Crippen LogP contribution in [-0.2, 0) is 12.3 Å². The van der Waals surface area contributed by atoms with Crippen LogP contribution in [0.15, 0.2) is 0 Å². The van der Waals surface area contributed by atoms with Gasteiger partial charge in [0.25, 0.3) is 0 Å². The van der Waals surface area contributed by atoms with Crippen molar-refractivity contribution in [2.24, 2.45) is 0 Å². The van der Waals surface area contributed by atoms with Gasteiger partial charge in [0.1, 0.15) is 0 Å². The molecule has 0 bridgehead atoms. The van der Waals surface area contributed by atoms with Crippen LogP contribution < -0.4 is 0 Å². The molecule has 7 heteroatoms. The fourth-order valence-electron chi connectivity index (χ4n) is 3.21. The van der Waals surface area contributed by atoms with Crippen molar-refractivity contribution < 1.29 is 12.3 Å². The molecule has 0 aromatic heterocycles. The van der Waals surface area contributed by atoms with Crippen LogP contribution in [0.4, 0.5) is 0 Å². The maximum absolute atomic E-state index is 6.26. The van der Waals surface area contributed by atoms with Crippen molar-refractivity contribution in [2.75, 3.05) is 40.3 Å². The van der Waals surface area contributed by atoms with Gasteiger partial charge in [-0.15, -0.1) is 0 Å².